The van der Waals surface area contributed by atoms with Gasteiger partial charge in [0.25, 0.3) is 5.91 Å². The van der Waals surface area contributed by atoms with Gasteiger partial charge in [0.05, 0.1) is 4.88 Å². The Morgan fingerprint density at radius 2 is 1.83 bits per heavy atom. The normalized spacial score (nSPS) is 16.4. The molecule has 1 aliphatic heterocycles. The van der Waals surface area contributed by atoms with Gasteiger partial charge in [-0.2, -0.15) is 0 Å². The van der Waals surface area contributed by atoms with Crippen LogP contribution in [0.4, 0.5) is 0 Å². The minimum Gasteiger partial charge on any atom is -0.343 e. The monoisotopic (exact) mass is 421 g/mol. The Morgan fingerprint density at radius 3 is 2.31 bits per heavy atom. The van der Waals surface area contributed by atoms with Crippen molar-refractivity contribution in [3.8, 4) is 0 Å². The Kier molecular flexibility index (Phi) is 8.25. The van der Waals surface area contributed by atoms with Crippen LogP contribution in [0.25, 0.3) is 0 Å². The SMILES string of the molecule is CCN(CC)C(=O)[C@H](NC(=O)c1cccs1)C1CCN(C(=O)CC(C)(C)C)CC1. The molecule has 0 radical (unpaired) electrons. The molecule has 1 atom stereocenters. The Bertz CT molecular complexity index is 685. The first-order valence-corrected chi connectivity index (χ1v) is 11.4. The van der Waals surface area contributed by atoms with Gasteiger partial charge in [-0.25, -0.2) is 0 Å². The van der Waals surface area contributed by atoms with E-state index in [0.717, 1.165) is 12.8 Å². The number of likely N-dealkylation sites (N-methyl/N-ethyl adjacent to an activating group) is 1. The van der Waals surface area contributed by atoms with Crippen LogP contribution in [0.15, 0.2) is 17.5 Å². The number of piperidine rings is 1. The largest absolute Gasteiger partial charge is 0.343 e. The number of amides is 3. The van der Waals surface area contributed by atoms with Crippen LogP contribution in [-0.2, 0) is 9.59 Å². The molecule has 162 valence electrons. The van der Waals surface area contributed by atoms with Crippen LogP contribution >= 0.6 is 11.3 Å². The van der Waals surface area contributed by atoms with Gasteiger partial charge in [-0.3, -0.25) is 14.4 Å². The van der Waals surface area contributed by atoms with Crippen LogP contribution in [0, 0.1) is 11.3 Å². The van der Waals surface area contributed by atoms with Crippen molar-refractivity contribution in [1.82, 2.24) is 15.1 Å². The number of nitrogens with one attached hydrogen (secondary N) is 1. The number of thiophene rings is 1. The molecule has 6 nitrogen and oxygen atoms in total. The van der Waals surface area contributed by atoms with Gasteiger partial charge < -0.3 is 15.1 Å². The summed E-state index contributed by atoms with van der Waals surface area (Å²) in [5.74, 6) is -0.0213. The lowest BCUT2D eigenvalue weighted by Crippen LogP contribution is -2.54. The molecule has 0 bridgehead atoms. The van der Waals surface area contributed by atoms with Crippen LogP contribution in [-0.4, -0.2) is 59.7 Å². The summed E-state index contributed by atoms with van der Waals surface area (Å²) in [6, 6.07) is 3.05. The molecule has 1 fully saturated rings. The quantitative estimate of drug-likeness (QED) is 0.734. The number of hydrogen-bond donors (Lipinski definition) is 1. The van der Waals surface area contributed by atoms with E-state index in [1.54, 1.807) is 11.0 Å². The van der Waals surface area contributed by atoms with Crippen LogP contribution in [0.1, 0.15) is 63.6 Å². The van der Waals surface area contributed by atoms with Gasteiger partial charge >= 0.3 is 0 Å². The van der Waals surface area contributed by atoms with Crippen molar-refractivity contribution in [1.29, 1.82) is 0 Å². The Morgan fingerprint density at radius 1 is 1.21 bits per heavy atom. The van der Waals surface area contributed by atoms with E-state index in [1.807, 2.05) is 30.2 Å². The summed E-state index contributed by atoms with van der Waals surface area (Å²) in [6.07, 6.45) is 1.96. The van der Waals surface area contributed by atoms with Gasteiger partial charge in [-0.15, -0.1) is 11.3 Å². The molecule has 0 spiro atoms. The van der Waals surface area contributed by atoms with Gasteiger partial charge in [-0.05, 0) is 49.5 Å². The Balaban J connectivity index is 2.08. The minimum atomic E-state index is -0.552. The smallest absolute Gasteiger partial charge is 0.262 e. The van der Waals surface area contributed by atoms with E-state index < -0.39 is 6.04 Å². The molecular weight excluding hydrogens is 386 g/mol. The number of nitrogens with zero attached hydrogens (tertiary/aromatic N) is 2. The zero-order valence-electron chi connectivity index (χ0n) is 18.4. The molecule has 1 aromatic rings. The predicted molar refractivity (Wildman–Crippen MR) is 117 cm³/mol. The lowest BCUT2D eigenvalue weighted by molar-refractivity contribution is -0.136. The second kappa shape index (κ2) is 10.2. The summed E-state index contributed by atoms with van der Waals surface area (Å²) in [7, 11) is 0. The zero-order valence-corrected chi connectivity index (χ0v) is 19.2. The van der Waals surface area contributed by atoms with Crippen LogP contribution < -0.4 is 5.32 Å². The first-order valence-electron chi connectivity index (χ1n) is 10.6. The van der Waals surface area contributed by atoms with Crippen molar-refractivity contribution >= 4 is 29.1 Å². The summed E-state index contributed by atoms with van der Waals surface area (Å²) < 4.78 is 0. The standard InChI is InChI=1S/C22H35N3O3S/c1-6-24(7-2)21(28)19(23-20(27)17-9-8-14-29-17)16-10-12-25(13-11-16)18(26)15-22(3,4)5/h8-9,14,16,19H,6-7,10-13,15H2,1-5H3,(H,23,27)/t19-/m1/s1. The first kappa shape index (κ1) is 23.4. The van der Waals surface area contributed by atoms with Gasteiger partial charge in [0.15, 0.2) is 0 Å². The molecule has 0 aromatic carbocycles. The highest BCUT2D eigenvalue weighted by atomic mass is 32.1. The molecule has 3 amide bonds. The average Bonchev–Trinajstić information content (AvgIpc) is 3.20. The maximum absolute atomic E-state index is 13.1. The van der Waals surface area contributed by atoms with Crippen molar-refractivity contribution in [2.24, 2.45) is 11.3 Å². The molecule has 1 aliphatic rings. The lowest BCUT2D eigenvalue weighted by atomic mass is 9.87. The molecule has 1 aromatic heterocycles. The van der Waals surface area contributed by atoms with Crippen molar-refractivity contribution in [2.75, 3.05) is 26.2 Å². The average molecular weight is 422 g/mol. The number of carbonyl (C=O) groups is 3. The van der Waals surface area contributed by atoms with Crippen molar-refractivity contribution < 1.29 is 14.4 Å². The van der Waals surface area contributed by atoms with E-state index in [4.69, 9.17) is 0 Å². The molecule has 0 unspecified atom stereocenters. The maximum Gasteiger partial charge on any atom is 0.262 e. The minimum absolute atomic E-state index is 0.0284. The van der Waals surface area contributed by atoms with E-state index >= 15 is 0 Å². The summed E-state index contributed by atoms with van der Waals surface area (Å²) in [6.45, 7) is 12.6. The molecule has 1 N–H and O–H groups in total. The van der Waals surface area contributed by atoms with Crippen LogP contribution in [0.5, 0.6) is 0 Å². The van der Waals surface area contributed by atoms with Gasteiger partial charge in [0, 0.05) is 32.6 Å². The van der Waals surface area contributed by atoms with Crippen molar-refractivity contribution in [3.05, 3.63) is 22.4 Å². The Hall–Kier alpha value is -1.89. The molecule has 1 saturated heterocycles. The third kappa shape index (κ3) is 6.56. The number of hydrogen-bond acceptors (Lipinski definition) is 4. The topological polar surface area (TPSA) is 69.7 Å². The van der Waals surface area contributed by atoms with Crippen LogP contribution in [0.2, 0.25) is 0 Å². The molecule has 7 heteroatoms. The molecule has 2 rings (SSSR count). The van der Waals surface area contributed by atoms with Gasteiger partial charge in [0.2, 0.25) is 11.8 Å². The maximum atomic E-state index is 13.1. The third-order valence-electron chi connectivity index (χ3n) is 5.42. The molecular formula is C22H35N3O3S. The first-order chi connectivity index (χ1) is 13.7. The summed E-state index contributed by atoms with van der Waals surface area (Å²) in [5.41, 5.74) is -0.0378. The highest BCUT2D eigenvalue weighted by molar-refractivity contribution is 7.12. The van der Waals surface area contributed by atoms with E-state index in [2.05, 4.69) is 26.1 Å². The predicted octanol–water partition coefficient (Wildman–Crippen LogP) is 3.39. The van der Waals surface area contributed by atoms with Crippen LogP contribution in [0.3, 0.4) is 0 Å². The highest BCUT2D eigenvalue weighted by Crippen LogP contribution is 2.26. The van der Waals surface area contributed by atoms with E-state index in [0.29, 0.717) is 37.5 Å². The fourth-order valence-corrected chi connectivity index (χ4v) is 4.41. The molecule has 29 heavy (non-hydrogen) atoms. The van der Waals surface area contributed by atoms with Gasteiger partial charge in [-0.1, -0.05) is 26.8 Å². The lowest BCUT2D eigenvalue weighted by Gasteiger charge is -2.38. The van der Waals surface area contributed by atoms with Gasteiger partial charge in [0.1, 0.15) is 6.04 Å². The second-order valence-electron chi connectivity index (χ2n) is 8.89. The number of likely N-dealkylation sites (tertiary alicyclic amines) is 1. The fraction of sp³-hybridized carbons (Fsp3) is 0.682. The zero-order chi connectivity index (χ0) is 21.6. The van der Waals surface area contributed by atoms with E-state index in [1.165, 1.54) is 11.3 Å². The van der Waals surface area contributed by atoms with Crippen molar-refractivity contribution in [3.63, 3.8) is 0 Å². The number of carbonyl (C=O) groups excluding carboxylic acids is 3. The molecule has 0 saturated carbocycles. The number of rotatable bonds is 7. The summed E-state index contributed by atoms with van der Waals surface area (Å²) >= 11 is 1.37. The molecule has 2 heterocycles. The third-order valence-corrected chi connectivity index (χ3v) is 6.29. The Labute approximate surface area is 178 Å². The second-order valence-corrected chi connectivity index (χ2v) is 9.84. The fourth-order valence-electron chi connectivity index (χ4n) is 3.78. The van der Waals surface area contributed by atoms with Crippen molar-refractivity contribution in [2.45, 2.75) is 59.9 Å². The highest BCUT2D eigenvalue weighted by Gasteiger charge is 2.36. The summed E-state index contributed by atoms with van der Waals surface area (Å²) in [5, 5.41) is 4.85. The van der Waals surface area contributed by atoms with E-state index in [-0.39, 0.29) is 29.1 Å². The van der Waals surface area contributed by atoms with E-state index in [9.17, 15) is 14.4 Å². The molecule has 0 aliphatic carbocycles. The summed E-state index contributed by atoms with van der Waals surface area (Å²) in [4.78, 5) is 42.6.